The molecule has 4 heteroatoms. The van der Waals surface area contributed by atoms with Crippen LogP contribution in [0.2, 0.25) is 0 Å². The van der Waals surface area contributed by atoms with Crippen molar-refractivity contribution in [2.75, 3.05) is 0 Å². The van der Waals surface area contributed by atoms with Crippen LogP contribution in [0.4, 0.5) is 8.78 Å². The van der Waals surface area contributed by atoms with Gasteiger partial charge in [0.25, 0.3) is 0 Å². The number of nitrogens with zero attached hydrogens (tertiary/aromatic N) is 2. The maximum absolute atomic E-state index is 13.3. The molecule has 0 spiro atoms. The van der Waals surface area contributed by atoms with Crippen molar-refractivity contribution in [1.82, 2.24) is 9.97 Å². The van der Waals surface area contributed by atoms with Crippen molar-refractivity contribution in [2.24, 2.45) is 0 Å². The predicted molar refractivity (Wildman–Crippen MR) is 52.1 cm³/mol. The van der Waals surface area contributed by atoms with Gasteiger partial charge in [0, 0.05) is 11.9 Å². The number of hydrogen-bond acceptors (Lipinski definition) is 2. The average molecular weight is 206 g/mol. The Balaban J connectivity index is 2.58. The Morgan fingerprint density at radius 3 is 2.67 bits per heavy atom. The third-order valence-corrected chi connectivity index (χ3v) is 1.96. The zero-order valence-corrected chi connectivity index (χ0v) is 8.04. The highest BCUT2D eigenvalue weighted by Crippen LogP contribution is 2.19. The van der Waals surface area contributed by atoms with Crippen LogP contribution in [0.3, 0.4) is 0 Å². The Morgan fingerprint density at radius 1 is 1.13 bits per heavy atom. The maximum atomic E-state index is 13.3. The molecule has 0 bridgehead atoms. The quantitative estimate of drug-likeness (QED) is 0.716. The van der Waals surface area contributed by atoms with Gasteiger partial charge >= 0.3 is 0 Å². The molecular weight excluding hydrogens is 198 g/mol. The highest BCUT2D eigenvalue weighted by atomic mass is 19.1. The Hall–Kier alpha value is -1.84. The van der Waals surface area contributed by atoms with Crippen molar-refractivity contribution in [3.63, 3.8) is 0 Å². The topological polar surface area (TPSA) is 25.8 Å². The second-order valence-electron chi connectivity index (χ2n) is 3.15. The highest BCUT2D eigenvalue weighted by Gasteiger charge is 2.08. The lowest BCUT2D eigenvalue weighted by Gasteiger charge is -2.02. The molecule has 2 nitrogen and oxygen atoms in total. The van der Waals surface area contributed by atoms with Crippen LogP contribution in [-0.4, -0.2) is 9.97 Å². The minimum absolute atomic E-state index is 0.0821. The molecule has 0 amide bonds. The minimum atomic E-state index is -0.526. The molecule has 15 heavy (non-hydrogen) atoms. The van der Waals surface area contributed by atoms with Crippen LogP contribution in [0.25, 0.3) is 11.4 Å². The first-order chi connectivity index (χ1) is 7.16. The van der Waals surface area contributed by atoms with Gasteiger partial charge in [-0.25, -0.2) is 18.7 Å². The Bertz CT molecular complexity index is 498. The van der Waals surface area contributed by atoms with Crippen molar-refractivity contribution >= 4 is 0 Å². The van der Waals surface area contributed by atoms with Crippen molar-refractivity contribution in [2.45, 2.75) is 6.92 Å². The number of aromatic nitrogens is 2. The van der Waals surface area contributed by atoms with Gasteiger partial charge in [0.1, 0.15) is 11.6 Å². The van der Waals surface area contributed by atoms with E-state index in [1.165, 1.54) is 6.20 Å². The number of hydrogen-bond donors (Lipinski definition) is 0. The van der Waals surface area contributed by atoms with Gasteiger partial charge in [-0.2, -0.15) is 0 Å². The molecule has 1 heterocycles. The number of benzene rings is 1. The average Bonchev–Trinajstić information content (AvgIpc) is 2.22. The van der Waals surface area contributed by atoms with Crippen LogP contribution in [0.1, 0.15) is 5.69 Å². The summed E-state index contributed by atoms with van der Waals surface area (Å²) < 4.78 is 26.3. The van der Waals surface area contributed by atoms with Crippen LogP contribution in [-0.2, 0) is 0 Å². The SMILES string of the molecule is Cc1ccnc(-c2cc(F)ccc2F)n1. The smallest absolute Gasteiger partial charge is 0.162 e. The Kier molecular flexibility index (Phi) is 2.41. The van der Waals surface area contributed by atoms with Crippen molar-refractivity contribution in [1.29, 1.82) is 0 Å². The van der Waals surface area contributed by atoms with Crippen LogP contribution in [0.15, 0.2) is 30.5 Å². The fraction of sp³-hybridized carbons (Fsp3) is 0.0909. The van der Waals surface area contributed by atoms with E-state index >= 15 is 0 Å². The number of rotatable bonds is 1. The molecule has 0 atom stereocenters. The third kappa shape index (κ3) is 1.98. The van der Waals surface area contributed by atoms with Crippen LogP contribution < -0.4 is 0 Å². The minimum Gasteiger partial charge on any atom is -0.236 e. The molecular formula is C11H8F2N2. The van der Waals surface area contributed by atoms with Gasteiger partial charge in [0.05, 0.1) is 5.56 Å². The molecule has 0 aliphatic heterocycles. The van der Waals surface area contributed by atoms with E-state index in [1.54, 1.807) is 13.0 Å². The molecule has 1 aromatic carbocycles. The van der Waals surface area contributed by atoms with E-state index in [0.29, 0.717) is 5.69 Å². The molecule has 0 aliphatic carbocycles. The first-order valence-corrected chi connectivity index (χ1v) is 4.42. The molecule has 0 unspecified atom stereocenters. The highest BCUT2D eigenvalue weighted by molar-refractivity contribution is 5.55. The molecule has 0 aliphatic rings. The maximum Gasteiger partial charge on any atom is 0.162 e. The van der Waals surface area contributed by atoms with E-state index in [0.717, 1.165) is 18.2 Å². The summed E-state index contributed by atoms with van der Waals surface area (Å²) in [5.74, 6) is -0.828. The Morgan fingerprint density at radius 2 is 1.93 bits per heavy atom. The van der Waals surface area contributed by atoms with Gasteiger partial charge < -0.3 is 0 Å². The van der Waals surface area contributed by atoms with Gasteiger partial charge in [-0.3, -0.25) is 0 Å². The standard InChI is InChI=1S/C11H8F2N2/c1-7-4-5-14-11(15-7)9-6-8(12)2-3-10(9)13/h2-6H,1H3. The van der Waals surface area contributed by atoms with E-state index in [-0.39, 0.29) is 11.4 Å². The van der Waals surface area contributed by atoms with Crippen LogP contribution in [0, 0.1) is 18.6 Å². The second kappa shape index (κ2) is 3.73. The van der Waals surface area contributed by atoms with E-state index in [2.05, 4.69) is 9.97 Å². The summed E-state index contributed by atoms with van der Waals surface area (Å²) in [6.07, 6.45) is 1.52. The van der Waals surface area contributed by atoms with Crippen LogP contribution in [0.5, 0.6) is 0 Å². The fourth-order valence-corrected chi connectivity index (χ4v) is 1.25. The summed E-state index contributed by atoms with van der Waals surface area (Å²) in [4.78, 5) is 7.92. The van der Waals surface area contributed by atoms with Gasteiger partial charge in [-0.05, 0) is 31.2 Å². The van der Waals surface area contributed by atoms with Crippen molar-refractivity contribution in [3.05, 3.63) is 47.8 Å². The molecule has 76 valence electrons. The van der Waals surface area contributed by atoms with Gasteiger partial charge in [-0.1, -0.05) is 0 Å². The first kappa shape index (κ1) is 9.71. The zero-order valence-electron chi connectivity index (χ0n) is 8.04. The Labute approximate surface area is 85.6 Å². The van der Waals surface area contributed by atoms with Gasteiger partial charge in [0.15, 0.2) is 5.82 Å². The zero-order chi connectivity index (χ0) is 10.8. The van der Waals surface area contributed by atoms with Gasteiger partial charge in [0.2, 0.25) is 0 Å². The third-order valence-electron chi connectivity index (χ3n) is 1.96. The van der Waals surface area contributed by atoms with Crippen LogP contribution >= 0.6 is 0 Å². The summed E-state index contributed by atoms with van der Waals surface area (Å²) in [6, 6.07) is 4.91. The summed E-state index contributed by atoms with van der Waals surface area (Å²) >= 11 is 0. The lowest BCUT2D eigenvalue weighted by molar-refractivity contribution is 0.602. The van der Waals surface area contributed by atoms with Gasteiger partial charge in [-0.15, -0.1) is 0 Å². The molecule has 1 aromatic heterocycles. The molecule has 0 saturated carbocycles. The normalized spacial score (nSPS) is 10.3. The van der Waals surface area contributed by atoms with E-state index in [1.807, 2.05) is 0 Å². The molecule has 2 rings (SSSR count). The fourth-order valence-electron chi connectivity index (χ4n) is 1.25. The molecule has 2 aromatic rings. The lowest BCUT2D eigenvalue weighted by atomic mass is 10.2. The second-order valence-corrected chi connectivity index (χ2v) is 3.15. The number of halogens is 2. The lowest BCUT2D eigenvalue weighted by Crippen LogP contribution is -1.94. The summed E-state index contributed by atoms with van der Waals surface area (Å²) in [7, 11) is 0. The molecule has 0 saturated heterocycles. The molecule has 0 fully saturated rings. The van der Waals surface area contributed by atoms with Crippen molar-refractivity contribution < 1.29 is 8.78 Å². The number of aryl methyl sites for hydroxylation is 1. The summed E-state index contributed by atoms with van der Waals surface area (Å²) in [5.41, 5.74) is 0.794. The molecule has 0 N–H and O–H groups in total. The predicted octanol–water partition coefficient (Wildman–Crippen LogP) is 2.73. The van der Waals surface area contributed by atoms with E-state index in [9.17, 15) is 8.78 Å². The van der Waals surface area contributed by atoms with E-state index in [4.69, 9.17) is 0 Å². The first-order valence-electron chi connectivity index (χ1n) is 4.42. The monoisotopic (exact) mass is 206 g/mol. The van der Waals surface area contributed by atoms with Crippen molar-refractivity contribution in [3.8, 4) is 11.4 Å². The van der Waals surface area contributed by atoms with E-state index < -0.39 is 11.6 Å². The molecule has 0 radical (unpaired) electrons. The largest absolute Gasteiger partial charge is 0.236 e. The summed E-state index contributed by atoms with van der Waals surface area (Å²) in [6.45, 7) is 1.77. The summed E-state index contributed by atoms with van der Waals surface area (Å²) in [5, 5.41) is 0.